The number of nitrogens with zero attached hydrogens (tertiary/aromatic N) is 1. The van der Waals surface area contributed by atoms with Gasteiger partial charge >= 0.3 is 17.6 Å². The third-order valence-corrected chi connectivity index (χ3v) is 3.98. The minimum absolute atomic E-state index is 0.123. The van der Waals surface area contributed by atoms with Crippen molar-refractivity contribution in [1.29, 1.82) is 0 Å². The number of halogens is 2. The summed E-state index contributed by atoms with van der Waals surface area (Å²) in [4.78, 5) is 48.5. The molecule has 1 aliphatic rings. The zero-order valence-corrected chi connectivity index (χ0v) is 17.0. The molecule has 0 radical (unpaired) electrons. The van der Waals surface area contributed by atoms with Crippen LogP contribution in [0, 0.1) is 0 Å². The Bertz CT molecular complexity index is 841. The fourth-order valence-corrected chi connectivity index (χ4v) is 2.99. The van der Waals surface area contributed by atoms with Gasteiger partial charge in [-0.15, -0.1) is 0 Å². The van der Waals surface area contributed by atoms with E-state index in [9.17, 15) is 19.2 Å². The number of esters is 2. The molecule has 2 rings (SSSR count). The highest BCUT2D eigenvalue weighted by Gasteiger charge is 2.39. The molecule has 1 fully saturated rings. The lowest BCUT2D eigenvalue weighted by atomic mass is 10.2. The van der Waals surface area contributed by atoms with E-state index in [1.807, 2.05) is 0 Å². The van der Waals surface area contributed by atoms with Crippen LogP contribution in [0.3, 0.4) is 0 Å². The van der Waals surface area contributed by atoms with Gasteiger partial charge in [-0.3, -0.25) is 23.9 Å². The van der Waals surface area contributed by atoms with Crippen molar-refractivity contribution < 1.29 is 23.8 Å². The molecule has 1 N–H and O–H groups in total. The number of carbonyl (C=O) groups excluding carboxylic acids is 2. The zero-order valence-electron chi connectivity index (χ0n) is 13.9. The number of nitrogens with one attached hydrogen (secondary N) is 1. The van der Waals surface area contributed by atoms with Crippen molar-refractivity contribution in [2.45, 2.75) is 38.7 Å². The first-order valence-corrected chi connectivity index (χ1v) is 9.10. The number of aromatic nitrogens is 2. The Kier molecular flexibility index (Phi) is 6.95. The van der Waals surface area contributed by atoms with Gasteiger partial charge in [0, 0.05) is 26.5 Å². The number of ether oxygens (including phenoxy) is 3. The van der Waals surface area contributed by atoms with Crippen molar-refractivity contribution in [3.05, 3.63) is 36.0 Å². The molecule has 0 amide bonds. The zero-order chi connectivity index (χ0) is 19.4. The smallest absolute Gasteiger partial charge is 0.330 e. The molecule has 142 valence electrons. The second-order valence-electron chi connectivity index (χ2n) is 5.50. The molecule has 9 nitrogen and oxygen atoms in total. The largest absolute Gasteiger partial charge is 0.463 e. The molecule has 26 heavy (non-hydrogen) atoms. The van der Waals surface area contributed by atoms with Crippen molar-refractivity contribution in [3.63, 3.8) is 0 Å². The summed E-state index contributed by atoms with van der Waals surface area (Å²) >= 11 is 6.31. The van der Waals surface area contributed by atoms with Crippen LogP contribution < -0.4 is 11.2 Å². The normalized spacial score (nSPS) is 21.9. The van der Waals surface area contributed by atoms with E-state index in [1.165, 1.54) is 30.7 Å². The summed E-state index contributed by atoms with van der Waals surface area (Å²) in [6.45, 7) is 2.37. The molecule has 0 spiro atoms. The number of hydrogen-bond donors (Lipinski definition) is 1. The van der Waals surface area contributed by atoms with E-state index in [0.29, 0.717) is 3.39 Å². The molecule has 0 aromatic carbocycles. The molecule has 11 heteroatoms. The van der Waals surface area contributed by atoms with E-state index < -0.39 is 41.6 Å². The van der Waals surface area contributed by atoms with E-state index >= 15 is 0 Å². The van der Waals surface area contributed by atoms with E-state index in [1.54, 1.807) is 0 Å². The van der Waals surface area contributed by atoms with Crippen molar-refractivity contribution in [2.75, 3.05) is 6.61 Å². The summed E-state index contributed by atoms with van der Waals surface area (Å²) in [6, 6.07) is 0. The summed E-state index contributed by atoms with van der Waals surface area (Å²) in [5.41, 5.74) is -1.02. The van der Waals surface area contributed by atoms with Crippen LogP contribution in [0.1, 0.15) is 32.1 Å². The number of rotatable bonds is 5. The minimum atomic E-state index is -0.800. The first kappa shape index (κ1) is 20.6. The molecule has 1 aromatic heterocycles. The standard InChI is InChI=1S/C15H16Br2N2O7/c1-7(20)24-6-11-10(25-8(2)21)4-13(26-11)19-5-9(3-12(16)17)14(22)18-15(19)23/h3,5,10-11,13H,4,6H2,1-2H3,(H,18,22,23)/t10-,11+,13+/m0/s1. The maximum Gasteiger partial charge on any atom is 0.330 e. The lowest BCUT2D eigenvalue weighted by Crippen LogP contribution is -2.33. The van der Waals surface area contributed by atoms with Gasteiger partial charge in [-0.1, -0.05) is 0 Å². The quantitative estimate of drug-likeness (QED) is 0.613. The average molecular weight is 496 g/mol. The predicted molar refractivity (Wildman–Crippen MR) is 97.9 cm³/mol. The molecular weight excluding hydrogens is 480 g/mol. The summed E-state index contributed by atoms with van der Waals surface area (Å²) in [5, 5.41) is 0. The van der Waals surface area contributed by atoms with Crippen LogP contribution in [0.15, 0.2) is 19.2 Å². The van der Waals surface area contributed by atoms with Crippen molar-refractivity contribution in [1.82, 2.24) is 9.55 Å². The van der Waals surface area contributed by atoms with Crippen molar-refractivity contribution in [3.8, 4) is 0 Å². The van der Waals surface area contributed by atoms with Gasteiger partial charge in [-0.05, 0) is 37.9 Å². The maximum atomic E-state index is 12.2. The van der Waals surface area contributed by atoms with Crippen LogP contribution in [-0.2, 0) is 23.8 Å². The van der Waals surface area contributed by atoms with Gasteiger partial charge in [0.15, 0.2) is 0 Å². The Balaban J connectivity index is 2.32. The highest BCUT2D eigenvalue weighted by atomic mass is 79.9. The molecule has 0 bridgehead atoms. The second kappa shape index (κ2) is 8.78. The summed E-state index contributed by atoms with van der Waals surface area (Å²) in [7, 11) is 0. The number of aromatic amines is 1. The van der Waals surface area contributed by atoms with Crippen molar-refractivity contribution >= 4 is 49.9 Å². The Labute approximate surface area is 164 Å². The van der Waals surface area contributed by atoms with Gasteiger partial charge in [0.25, 0.3) is 5.56 Å². The van der Waals surface area contributed by atoms with Crippen LogP contribution in [-0.4, -0.2) is 40.3 Å². The lowest BCUT2D eigenvalue weighted by Gasteiger charge is -2.17. The topological polar surface area (TPSA) is 117 Å². The average Bonchev–Trinajstić information content (AvgIpc) is 2.89. The third kappa shape index (κ3) is 5.39. The third-order valence-electron chi connectivity index (χ3n) is 3.52. The Morgan fingerprint density at radius 1 is 1.35 bits per heavy atom. The van der Waals surface area contributed by atoms with Gasteiger partial charge in [-0.2, -0.15) is 0 Å². The summed E-state index contributed by atoms with van der Waals surface area (Å²) in [6.07, 6.45) is 0.754. The second-order valence-corrected chi connectivity index (χ2v) is 8.27. The van der Waals surface area contributed by atoms with Crippen LogP contribution in [0.25, 0.3) is 6.08 Å². The Hall–Kier alpha value is -1.72. The SMILES string of the molecule is CC(=O)OC[C@H]1O[C@@H](n2cc(C=C(Br)Br)c(=O)[nH]c2=O)C[C@@H]1OC(C)=O. The van der Waals surface area contributed by atoms with Crippen molar-refractivity contribution in [2.24, 2.45) is 0 Å². The molecule has 0 aliphatic carbocycles. The van der Waals surface area contributed by atoms with E-state index in [-0.39, 0.29) is 18.6 Å². The molecule has 0 saturated carbocycles. The predicted octanol–water partition coefficient (Wildman–Crippen LogP) is 1.41. The number of carbonyl (C=O) groups is 2. The molecule has 1 aliphatic heterocycles. The van der Waals surface area contributed by atoms with Gasteiger partial charge in [0.2, 0.25) is 0 Å². The fourth-order valence-electron chi connectivity index (χ4n) is 2.49. The Morgan fingerprint density at radius 2 is 2.04 bits per heavy atom. The first-order chi connectivity index (χ1) is 12.2. The highest BCUT2D eigenvalue weighted by Crippen LogP contribution is 2.30. The van der Waals surface area contributed by atoms with E-state index in [4.69, 9.17) is 14.2 Å². The van der Waals surface area contributed by atoms with Crippen LogP contribution in [0.5, 0.6) is 0 Å². The summed E-state index contributed by atoms with van der Waals surface area (Å²) in [5.74, 6) is -1.03. The fraction of sp³-hybridized carbons (Fsp3) is 0.467. The first-order valence-electron chi connectivity index (χ1n) is 7.51. The number of hydrogen-bond acceptors (Lipinski definition) is 7. The molecule has 1 saturated heterocycles. The molecule has 3 atom stereocenters. The van der Waals surface area contributed by atoms with Gasteiger partial charge in [0.1, 0.15) is 25.0 Å². The molecule has 1 aromatic rings. The molecule has 0 unspecified atom stereocenters. The monoisotopic (exact) mass is 494 g/mol. The van der Waals surface area contributed by atoms with Gasteiger partial charge in [0.05, 0.1) is 8.96 Å². The Morgan fingerprint density at radius 3 is 2.62 bits per heavy atom. The highest BCUT2D eigenvalue weighted by molar-refractivity contribution is 9.28. The van der Waals surface area contributed by atoms with E-state index in [2.05, 4.69) is 36.8 Å². The minimum Gasteiger partial charge on any atom is -0.463 e. The summed E-state index contributed by atoms with van der Waals surface area (Å²) < 4.78 is 17.6. The van der Waals surface area contributed by atoms with E-state index in [0.717, 1.165) is 0 Å². The van der Waals surface area contributed by atoms with Crippen LogP contribution >= 0.6 is 31.9 Å². The van der Waals surface area contributed by atoms with Gasteiger partial charge in [-0.25, -0.2) is 4.79 Å². The van der Waals surface area contributed by atoms with Crippen LogP contribution in [0.4, 0.5) is 0 Å². The van der Waals surface area contributed by atoms with Gasteiger partial charge < -0.3 is 14.2 Å². The maximum absolute atomic E-state index is 12.2. The van der Waals surface area contributed by atoms with Crippen LogP contribution in [0.2, 0.25) is 0 Å². The number of H-pyrrole nitrogens is 1. The molecule has 2 heterocycles. The molecular formula is C15H16Br2N2O7. The lowest BCUT2D eigenvalue weighted by molar-refractivity contribution is -0.155.